The molecule has 0 bridgehead atoms. The molecule has 0 saturated heterocycles. The number of nitrogens with zero attached hydrogens (tertiary/aromatic N) is 2. The third kappa shape index (κ3) is 7.05. The standard InChI is InChI=1S/C18H23ClN4.HI/c1-14-13-21-9-7-16(14)8-11-23-18(20-2)22-10-6-15-4-3-5-17(19)12-15;/h3-5,7,9,12-13H,6,8,10-11H2,1-2H3,(H2,20,22,23);1H. The van der Waals surface area contributed by atoms with E-state index < -0.39 is 0 Å². The topological polar surface area (TPSA) is 49.3 Å². The molecule has 1 aromatic carbocycles. The number of guanidine groups is 1. The van der Waals surface area contributed by atoms with Gasteiger partial charge in [0, 0.05) is 37.6 Å². The Morgan fingerprint density at radius 2 is 1.92 bits per heavy atom. The zero-order valence-corrected chi connectivity index (χ0v) is 17.1. The Balaban J connectivity index is 0.00000288. The first-order valence-electron chi connectivity index (χ1n) is 7.77. The highest BCUT2D eigenvalue weighted by molar-refractivity contribution is 14.0. The van der Waals surface area contributed by atoms with E-state index in [9.17, 15) is 0 Å². The average Bonchev–Trinajstić information content (AvgIpc) is 2.55. The highest BCUT2D eigenvalue weighted by atomic mass is 127. The summed E-state index contributed by atoms with van der Waals surface area (Å²) in [5, 5.41) is 7.43. The minimum Gasteiger partial charge on any atom is -0.356 e. The van der Waals surface area contributed by atoms with Gasteiger partial charge >= 0.3 is 0 Å². The number of pyridine rings is 1. The molecule has 0 amide bonds. The van der Waals surface area contributed by atoms with Gasteiger partial charge < -0.3 is 10.6 Å². The lowest BCUT2D eigenvalue weighted by Crippen LogP contribution is -2.39. The molecular weight excluding hydrogens is 435 g/mol. The molecule has 2 aromatic rings. The van der Waals surface area contributed by atoms with E-state index in [1.807, 2.05) is 30.6 Å². The Hall–Kier alpha value is -1.34. The van der Waals surface area contributed by atoms with Crippen LogP contribution in [0.1, 0.15) is 16.7 Å². The van der Waals surface area contributed by atoms with Gasteiger partial charge in [-0.05, 0) is 54.7 Å². The molecule has 0 fully saturated rings. The number of aromatic nitrogens is 1. The molecule has 0 radical (unpaired) electrons. The quantitative estimate of drug-likeness (QED) is 0.395. The Labute approximate surface area is 166 Å². The number of hydrogen-bond donors (Lipinski definition) is 2. The van der Waals surface area contributed by atoms with E-state index in [-0.39, 0.29) is 24.0 Å². The second kappa shape index (κ2) is 11.3. The molecule has 2 N–H and O–H groups in total. The molecule has 0 saturated carbocycles. The second-order valence-electron chi connectivity index (χ2n) is 5.36. The molecule has 0 unspecified atom stereocenters. The van der Waals surface area contributed by atoms with Crippen LogP contribution in [0.5, 0.6) is 0 Å². The summed E-state index contributed by atoms with van der Waals surface area (Å²) < 4.78 is 0. The first kappa shape index (κ1) is 20.7. The van der Waals surface area contributed by atoms with Crippen LogP contribution in [0.25, 0.3) is 0 Å². The van der Waals surface area contributed by atoms with E-state index in [4.69, 9.17) is 11.6 Å². The summed E-state index contributed by atoms with van der Waals surface area (Å²) in [6, 6.07) is 10.00. The van der Waals surface area contributed by atoms with E-state index in [0.717, 1.165) is 36.9 Å². The van der Waals surface area contributed by atoms with E-state index in [2.05, 4.69) is 39.7 Å². The maximum Gasteiger partial charge on any atom is 0.190 e. The second-order valence-corrected chi connectivity index (χ2v) is 5.79. The van der Waals surface area contributed by atoms with Crippen LogP contribution in [0.15, 0.2) is 47.7 Å². The molecule has 6 heteroatoms. The molecule has 0 aliphatic carbocycles. The van der Waals surface area contributed by atoms with Gasteiger partial charge in [-0.15, -0.1) is 24.0 Å². The van der Waals surface area contributed by atoms with Crippen LogP contribution in [-0.4, -0.2) is 31.1 Å². The highest BCUT2D eigenvalue weighted by Gasteiger charge is 2.01. The van der Waals surface area contributed by atoms with Crippen molar-refractivity contribution in [3.05, 3.63) is 64.4 Å². The van der Waals surface area contributed by atoms with E-state index in [1.165, 1.54) is 16.7 Å². The van der Waals surface area contributed by atoms with Crippen molar-refractivity contribution in [3.8, 4) is 0 Å². The highest BCUT2D eigenvalue weighted by Crippen LogP contribution is 2.10. The molecule has 0 aliphatic rings. The van der Waals surface area contributed by atoms with Gasteiger partial charge in [0.25, 0.3) is 0 Å². The van der Waals surface area contributed by atoms with Crippen LogP contribution >= 0.6 is 35.6 Å². The largest absolute Gasteiger partial charge is 0.356 e. The Morgan fingerprint density at radius 3 is 2.58 bits per heavy atom. The minimum atomic E-state index is 0. The molecule has 2 rings (SSSR count). The maximum absolute atomic E-state index is 5.99. The molecule has 4 nitrogen and oxygen atoms in total. The molecule has 130 valence electrons. The lowest BCUT2D eigenvalue weighted by Gasteiger charge is -2.12. The van der Waals surface area contributed by atoms with Gasteiger partial charge in [0.15, 0.2) is 5.96 Å². The van der Waals surface area contributed by atoms with Crippen molar-refractivity contribution >= 4 is 41.5 Å². The normalized spacial score (nSPS) is 10.9. The van der Waals surface area contributed by atoms with Gasteiger partial charge in [0.1, 0.15) is 0 Å². The summed E-state index contributed by atoms with van der Waals surface area (Å²) in [5.74, 6) is 0.818. The smallest absolute Gasteiger partial charge is 0.190 e. The van der Waals surface area contributed by atoms with Crippen molar-refractivity contribution < 1.29 is 0 Å². The van der Waals surface area contributed by atoms with Gasteiger partial charge in [0.2, 0.25) is 0 Å². The van der Waals surface area contributed by atoms with Crippen molar-refractivity contribution in [1.29, 1.82) is 0 Å². The van der Waals surface area contributed by atoms with Crippen molar-refractivity contribution in [3.63, 3.8) is 0 Å². The van der Waals surface area contributed by atoms with Crippen LogP contribution in [-0.2, 0) is 12.8 Å². The Morgan fingerprint density at radius 1 is 1.17 bits per heavy atom. The number of nitrogens with one attached hydrogen (secondary N) is 2. The molecule has 24 heavy (non-hydrogen) atoms. The van der Waals surface area contributed by atoms with Crippen LogP contribution in [0.3, 0.4) is 0 Å². The monoisotopic (exact) mass is 458 g/mol. The number of benzene rings is 1. The summed E-state index contributed by atoms with van der Waals surface area (Å²) in [5.41, 5.74) is 3.74. The molecule has 0 atom stereocenters. The lowest BCUT2D eigenvalue weighted by atomic mass is 10.1. The Kier molecular flexibility index (Phi) is 9.71. The fourth-order valence-corrected chi connectivity index (χ4v) is 2.55. The van der Waals surface area contributed by atoms with Gasteiger partial charge in [-0.2, -0.15) is 0 Å². The molecule has 0 aliphatic heterocycles. The van der Waals surface area contributed by atoms with Gasteiger partial charge in [-0.25, -0.2) is 0 Å². The summed E-state index contributed by atoms with van der Waals surface area (Å²) in [6.45, 7) is 3.73. The number of halogens is 2. The van der Waals surface area contributed by atoms with E-state index in [1.54, 1.807) is 7.05 Å². The summed E-state index contributed by atoms with van der Waals surface area (Å²) in [6.07, 6.45) is 5.59. The summed E-state index contributed by atoms with van der Waals surface area (Å²) in [4.78, 5) is 8.36. The molecular formula is C18H24ClIN4. The maximum atomic E-state index is 5.99. The Bertz CT molecular complexity index is 661. The zero-order valence-electron chi connectivity index (χ0n) is 14.1. The first-order valence-corrected chi connectivity index (χ1v) is 8.15. The first-order chi connectivity index (χ1) is 11.2. The summed E-state index contributed by atoms with van der Waals surface area (Å²) in [7, 11) is 1.78. The van der Waals surface area contributed by atoms with E-state index in [0.29, 0.717) is 0 Å². The predicted molar refractivity (Wildman–Crippen MR) is 113 cm³/mol. The average molecular weight is 459 g/mol. The van der Waals surface area contributed by atoms with Crippen molar-refractivity contribution in [2.45, 2.75) is 19.8 Å². The number of aliphatic imine (C=N–C) groups is 1. The molecule has 0 spiro atoms. The van der Waals surface area contributed by atoms with Crippen molar-refractivity contribution in [2.75, 3.05) is 20.1 Å². The third-order valence-corrected chi connectivity index (χ3v) is 3.88. The van der Waals surface area contributed by atoms with Crippen LogP contribution in [0, 0.1) is 6.92 Å². The van der Waals surface area contributed by atoms with Gasteiger partial charge in [0.05, 0.1) is 0 Å². The minimum absolute atomic E-state index is 0. The van der Waals surface area contributed by atoms with Gasteiger partial charge in [-0.3, -0.25) is 9.98 Å². The predicted octanol–water partition coefficient (Wildman–Crippen LogP) is 3.61. The number of rotatable bonds is 6. The third-order valence-electron chi connectivity index (χ3n) is 3.64. The van der Waals surface area contributed by atoms with Crippen LogP contribution < -0.4 is 10.6 Å². The zero-order chi connectivity index (χ0) is 16.5. The fourth-order valence-electron chi connectivity index (χ4n) is 2.34. The fraction of sp³-hybridized carbons (Fsp3) is 0.333. The molecule has 1 aromatic heterocycles. The number of hydrogen-bond acceptors (Lipinski definition) is 2. The lowest BCUT2D eigenvalue weighted by molar-refractivity contribution is 0.782. The van der Waals surface area contributed by atoms with E-state index >= 15 is 0 Å². The van der Waals surface area contributed by atoms with Gasteiger partial charge in [-0.1, -0.05) is 23.7 Å². The van der Waals surface area contributed by atoms with Crippen molar-refractivity contribution in [2.24, 2.45) is 4.99 Å². The SMILES string of the molecule is CN=C(NCCc1cccc(Cl)c1)NCCc1ccncc1C.I. The van der Waals surface area contributed by atoms with Crippen LogP contribution in [0.4, 0.5) is 0 Å². The van der Waals surface area contributed by atoms with Crippen LogP contribution in [0.2, 0.25) is 5.02 Å². The summed E-state index contributed by atoms with van der Waals surface area (Å²) >= 11 is 5.99. The van der Waals surface area contributed by atoms with Crippen molar-refractivity contribution in [1.82, 2.24) is 15.6 Å². The molecule has 1 heterocycles. The number of aryl methyl sites for hydroxylation is 1.